The van der Waals surface area contributed by atoms with E-state index in [4.69, 9.17) is 16.3 Å². The molecule has 1 N–H and O–H groups in total. The van der Waals surface area contributed by atoms with Gasteiger partial charge < -0.3 is 4.74 Å². The van der Waals surface area contributed by atoms with Crippen molar-refractivity contribution in [3.05, 3.63) is 29.3 Å². The van der Waals surface area contributed by atoms with E-state index in [1.54, 1.807) is 24.3 Å². The molecule has 8 heteroatoms. The molecule has 21 heavy (non-hydrogen) atoms. The molecule has 0 fully saturated rings. The minimum Gasteiger partial charge on any atom is -0.479 e. The van der Waals surface area contributed by atoms with Gasteiger partial charge >= 0.3 is 0 Å². The first kappa shape index (κ1) is 16.1. The molecule has 112 valence electrons. The van der Waals surface area contributed by atoms with Gasteiger partial charge in [0.05, 0.1) is 5.02 Å². The number of benzene rings is 1. The Balaban J connectivity index is 2.03. The van der Waals surface area contributed by atoms with Gasteiger partial charge in [0.25, 0.3) is 5.91 Å². The number of rotatable bonds is 6. The molecule has 0 saturated heterocycles. The van der Waals surface area contributed by atoms with Crippen molar-refractivity contribution in [2.75, 3.05) is 11.6 Å². The summed E-state index contributed by atoms with van der Waals surface area (Å²) in [6.45, 7) is 1.87. The molecule has 0 aliphatic rings. The molecule has 0 radical (unpaired) electrons. The lowest BCUT2D eigenvalue weighted by atomic mass is 10.2. The van der Waals surface area contributed by atoms with Gasteiger partial charge in [-0.05, 0) is 24.8 Å². The van der Waals surface area contributed by atoms with Crippen LogP contribution in [-0.2, 0) is 4.79 Å². The van der Waals surface area contributed by atoms with Crippen molar-refractivity contribution in [3.8, 4) is 5.75 Å². The van der Waals surface area contributed by atoms with Crippen LogP contribution in [0.4, 0.5) is 5.13 Å². The summed E-state index contributed by atoms with van der Waals surface area (Å²) in [6.07, 6.45) is 1.79. The number of ether oxygens (including phenoxy) is 1. The number of aromatic nitrogens is 2. The normalized spacial score (nSPS) is 12.0. The molecule has 0 saturated carbocycles. The highest BCUT2D eigenvalue weighted by Gasteiger charge is 2.21. The van der Waals surface area contributed by atoms with Crippen LogP contribution in [0.2, 0.25) is 5.02 Å². The Bertz CT molecular complexity index is 621. The van der Waals surface area contributed by atoms with Gasteiger partial charge in [0.2, 0.25) is 5.13 Å². The van der Waals surface area contributed by atoms with E-state index in [1.165, 1.54) is 23.1 Å². The number of carbonyl (C=O) groups is 1. The lowest BCUT2D eigenvalue weighted by molar-refractivity contribution is -0.122. The Morgan fingerprint density at radius 3 is 2.86 bits per heavy atom. The third kappa shape index (κ3) is 4.33. The summed E-state index contributed by atoms with van der Waals surface area (Å²) in [4.78, 5) is 12.2. The molecule has 0 aliphatic carbocycles. The number of hydrogen-bond acceptors (Lipinski definition) is 6. The van der Waals surface area contributed by atoms with E-state index in [-0.39, 0.29) is 5.91 Å². The second-order valence-electron chi connectivity index (χ2n) is 4.01. The molecule has 1 atom stereocenters. The van der Waals surface area contributed by atoms with Gasteiger partial charge in [0.1, 0.15) is 5.75 Å². The molecule has 0 aliphatic heterocycles. The molecule has 1 heterocycles. The number of carbonyl (C=O) groups excluding carboxylic acids is 1. The second kappa shape index (κ2) is 7.63. The first-order chi connectivity index (χ1) is 10.1. The van der Waals surface area contributed by atoms with E-state index in [1.807, 2.05) is 13.2 Å². The number of para-hydroxylation sites is 1. The third-order valence-electron chi connectivity index (χ3n) is 2.58. The summed E-state index contributed by atoms with van der Waals surface area (Å²) in [5.74, 6) is 0.226. The number of nitrogens with zero attached hydrogens (tertiary/aromatic N) is 2. The van der Waals surface area contributed by atoms with Gasteiger partial charge in [-0.15, -0.1) is 10.2 Å². The van der Waals surface area contributed by atoms with Crippen LogP contribution in [0.25, 0.3) is 0 Å². The van der Waals surface area contributed by atoms with Gasteiger partial charge in [-0.2, -0.15) is 0 Å². The number of thioether (sulfide) groups is 1. The fourth-order valence-corrected chi connectivity index (χ4v) is 2.90. The van der Waals surface area contributed by atoms with Crippen LogP contribution >= 0.6 is 34.7 Å². The zero-order valence-electron chi connectivity index (χ0n) is 11.5. The minimum absolute atomic E-state index is 0.263. The smallest absolute Gasteiger partial charge is 0.267 e. The monoisotopic (exact) mass is 343 g/mol. The van der Waals surface area contributed by atoms with Crippen molar-refractivity contribution in [1.29, 1.82) is 0 Å². The predicted molar refractivity (Wildman–Crippen MR) is 86.5 cm³/mol. The Hall–Kier alpha value is -1.31. The summed E-state index contributed by atoms with van der Waals surface area (Å²) in [5.41, 5.74) is 0. The molecule has 1 aromatic carbocycles. The van der Waals surface area contributed by atoms with Gasteiger partial charge in [0, 0.05) is 0 Å². The van der Waals surface area contributed by atoms with Crippen LogP contribution in [0.3, 0.4) is 0 Å². The first-order valence-corrected chi connectivity index (χ1v) is 8.65. The number of amides is 1. The fraction of sp³-hybridized carbons (Fsp3) is 0.308. The Morgan fingerprint density at radius 1 is 1.48 bits per heavy atom. The maximum absolute atomic E-state index is 12.2. The standard InChI is InChI=1S/C13H14ClN3O2S2/c1-3-9(19-10-7-5-4-6-8(10)14)11(18)15-12-16-17-13(20-2)21-12/h4-7,9H,3H2,1-2H3,(H,15,16,18)/t9-/m0/s1. The van der Waals surface area contributed by atoms with Gasteiger partial charge in [-0.3, -0.25) is 10.1 Å². The highest BCUT2D eigenvalue weighted by molar-refractivity contribution is 8.00. The lowest BCUT2D eigenvalue weighted by Crippen LogP contribution is -2.32. The molecule has 2 aromatic rings. The number of halogens is 1. The van der Waals surface area contributed by atoms with Crippen LogP contribution in [0.15, 0.2) is 28.6 Å². The molecule has 5 nitrogen and oxygen atoms in total. The Morgan fingerprint density at radius 2 is 2.24 bits per heavy atom. The molecule has 0 bridgehead atoms. The van der Waals surface area contributed by atoms with Crippen LogP contribution < -0.4 is 10.1 Å². The summed E-state index contributed by atoms with van der Waals surface area (Å²) in [7, 11) is 0. The van der Waals surface area contributed by atoms with Crippen LogP contribution in [0, 0.1) is 0 Å². The highest BCUT2D eigenvalue weighted by Crippen LogP contribution is 2.26. The number of hydrogen-bond donors (Lipinski definition) is 1. The largest absolute Gasteiger partial charge is 0.479 e. The van der Waals surface area contributed by atoms with Gasteiger partial charge in [0.15, 0.2) is 10.4 Å². The van der Waals surface area contributed by atoms with E-state index in [0.717, 1.165) is 4.34 Å². The Kier molecular flexibility index (Phi) is 5.84. The molecule has 1 aromatic heterocycles. The van der Waals surface area contributed by atoms with Crippen molar-refractivity contribution in [3.63, 3.8) is 0 Å². The zero-order chi connectivity index (χ0) is 15.2. The third-order valence-corrected chi connectivity index (χ3v) is 4.71. The molecular formula is C13H14ClN3O2S2. The van der Waals surface area contributed by atoms with Crippen LogP contribution in [0.5, 0.6) is 5.75 Å². The van der Waals surface area contributed by atoms with Crippen LogP contribution in [0.1, 0.15) is 13.3 Å². The van der Waals surface area contributed by atoms with E-state index in [0.29, 0.717) is 22.3 Å². The van der Waals surface area contributed by atoms with Gasteiger partial charge in [-0.1, -0.05) is 53.8 Å². The fourth-order valence-electron chi connectivity index (χ4n) is 1.54. The van der Waals surface area contributed by atoms with Crippen molar-refractivity contribution in [2.45, 2.75) is 23.8 Å². The maximum Gasteiger partial charge on any atom is 0.267 e. The topological polar surface area (TPSA) is 64.1 Å². The number of anilines is 1. The van der Waals surface area contributed by atoms with Gasteiger partial charge in [-0.25, -0.2) is 0 Å². The van der Waals surface area contributed by atoms with Crippen molar-refractivity contribution in [1.82, 2.24) is 10.2 Å². The SMILES string of the molecule is CC[C@H](Oc1ccccc1Cl)C(=O)Nc1nnc(SC)s1. The van der Waals surface area contributed by atoms with E-state index in [9.17, 15) is 4.79 Å². The zero-order valence-corrected chi connectivity index (χ0v) is 13.9. The molecule has 0 unspecified atom stereocenters. The average molecular weight is 344 g/mol. The number of nitrogens with one attached hydrogen (secondary N) is 1. The molecular weight excluding hydrogens is 330 g/mol. The summed E-state index contributed by atoms with van der Waals surface area (Å²) in [5, 5.41) is 11.5. The first-order valence-electron chi connectivity index (χ1n) is 6.23. The minimum atomic E-state index is -0.633. The second-order valence-corrected chi connectivity index (χ2v) is 6.45. The highest BCUT2D eigenvalue weighted by atomic mass is 35.5. The van der Waals surface area contributed by atoms with E-state index < -0.39 is 6.10 Å². The lowest BCUT2D eigenvalue weighted by Gasteiger charge is -2.17. The van der Waals surface area contributed by atoms with Crippen molar-refractivity contribution < 1.29 is 9.53 Å². The van der Waals surface area contributed by atoms with E-state index in [2.05, 4.69) is 15.5 Å². The maximum atomic E-state index is 12.2. The van der Waals surface area contributed by atoms with Crippen molar-refractivity contribution >= 4 is 45.7 Å². The van der Waals surface area contributed by atoms with E-state index >= 15 is 0 Å². The van der Waals surface area contributed by atoms with Crippen molar-refractivity contribution in [2.24, 2.45) is 0 Å². The average Bonchev–Trinajstić information content (AvgIpc) is 2.94. The molecule has 0 spiro atoms. The summed E-state index contributed by atoms with van der Waals surface area (Å²) in [6, 6.07) is 7.06. The Labute approximate surface area is 136 Å². The van der Waals surface area contributed by atoms with Crippen LogP contribution in [-0.4, -0.2) is 28.5 Å². The summed E-state index contributed by atoms with van der Waals surface area (Å²) >= 11 is 8.84. The summed E-state index contributed by atoms with van der Waals surface area (Å²) < 4.78 is 6.47. The quantitative estimate of drug-likeness (QED) is 0.640. The molecule has 1 amide bonds. The predicted octanol–water partition coefficient (Wildman–Crippen LogP) is 3.71. The molecule has 2 rings (SSSR count).